The molecule has 0 atom stereocenters. The maximum Gasteiger partial charge on any atom is 0.159 e. The molecule has 6 aromatic heterocycles. The summed E-state index contributed by atoms with van der Waals surface area (Å²) in [5.41, 5.74) is 6.66. The number of rotatable bonds is 3. The van der Waals surface area contributed by atoms with Crippen LogP contribution in [0.25, 0.3) is 50.4 Å². The van der Waals surface area contributed by atoms with Crippen molar-refractivity contribution in [1.29, 1.82) is 0 Å². The zero-order valence-electron chi connectivity index (χ0n) is 15.2. The second-order valence-corrected chi connectivity index (χ2v) is 6.74. The van der Waals surface area contributed by atoms with Gasteiger partial charge >= 0.3 is 0 Å². The van der Waals surface area contributed by atoms with Crippen molar-refractivity contribution < 1.29 is 0 Å². The minimum Gasteiger partial charge on any atom is -0.335 e. The third-order valence-electron chi connectivity index (χ3n) is 4.83. The van der Waals surface area contributed by atoms with Gasteiger partial charge in [0.2, 0.25) is 0 Å². The number of H-pyrrole nitrogens is 3. The Labute approximate surface area is 163 Å². The molecule has 140 valence electrons. The van der Waals surface area contributed by atoms with E-state index in [9.17, 15) is 0 Å². The molecule has 10 nitrogen and oxygen atoms in total. The molecule has 0 aliphatic carbocycles. The van der Waals surface area contributed by atoms with Gasteiger partial charge in [0.05, 0.1) is 59.2 Å². The molecule has 0 aliphatic heterocycles. The first-order chi connectivity index (χ1) is 14.3. The lowest BCUT2D eigenvalue weighted by Crippen LogP contribution is -1.92. The van der Waals surface area contributed by atoms with E-state index in [-0.39, 0.29) is 0 Å². The van der Waals surface area contributed by atoms with Crippen LogP contribution in [0.15, 0.2) is 49.6 Å². The van der Waals surface area contributed by atoms with Crippen LogP contribution in [0.2, 0.25) is 0 Å². The molecule has 0 amide bonds. The lowest BCUT2D eigenvalue weighted by atomic mass is 10.1. The molecule has 0 radical (unpaired) electrons. The predicted molar refractivity (Wildman–Crippen MR) is 106 cm³/mol. The van der Waals surface area contributed by atoms with E-state index in [0.717, 1.165) is 50.3 Å². The van der Waals surface area contributed by atoms with Crippen molar-refractivity contribution in [3.05, 3.63) is 55.3 Å². The van der Waals surface area contributed by atoms with Crippen LogP contribution in [0.1, 0.15) is 5.69 Å². The van der Waals surface area contributed by atoms with Crippen LogP contribution < -0.4 is 0 Å². The van der Waals surface area contributed by atoms with Crippen molar-refractivity contribution in [3.8, 4) is 28.5 Å². The van der Waals surface area contributed by atoms with E-state index in [4.69, 9.17) is 4.98 Å². The van der Waals surface area contributed by atoms with Crippen molar-refractivity contribution in [1.82, 2.24) is 49.9 Å². The maximum absolute atomic E-state index is 4.82. The van der Waals surface area contributed by atoms with E-state index in [1.807, 2.05) is 23.8 Å². The average Bonchev–Trinajstić information content (AvgIpc) is 3.51. The Kier molecular flexibility index (Phi) is 3.15. The van der Waals surface area contributed by atoms with Gasteiger partial charge in [-0.3, -0.25) is 20.2 Å². The zero-order valence-corrected chi connectivity index (χ0v) is 15.2. The van der Waals surface area contributed by atoms with Gasteiger partial charge in [0.15, 0.2) is 5.82 Å². The summed E-state index contributed by atoms with van der Waals surface area (Å²) in [6, 6.07) is 1.98. The number of hydrogen-bond acceptors (Lipinski definition) is 6. The number of aryl methyl sites for hydroxylation is 1. The lowest BCUT2D eigenvalue weighted by Gasteiger charge is -2.01. The van der Waals surface area contributed by atoms with Gasteiger partial charge in [-0.25, -0.2) is 9.97 Å². The number of nitrogens with one attached hydrogen (secondary N) is 3. The van der Waals surface area contributed by atoms with Crippen LogP contribution in [-0.4, -0.2) is 49.9 Å². The normalized spacial score (nSPS) is 11.6. The molecule has 6 aromatic rings. The van der Waals surface area contributed by atoms with Gasteiger partial charge in [0, 0.05) is 23.3 Å². The van der Waals surface area contributed by atoms with Crippen LogP contribution in [0.5, 0.6) is 0 Å². The Morgan fingerprint density at radius 1 is 1.03 bits per heavy atom. The molecule has 0 fully saturated rings. The largest absolute Gasteiger partial charge is 0.335 e. The Morgan fingerprint density at radius 3 is 2.83 bits per heavy atom. The topological polar surface area (TPSA) is 130 Å². The van der Waals surface area contributed by atoms with Crippen molar-refractivity contribution in [2.45, 2.75) is 6.92 Å². The van der Waals surface area contributed by atoms with Crippen LogP contribution in [0.4, 0.5) is 0 Å². The number of aromatic amines is 3. The quantitative estimate of drug-likeness (QED) is 0.431. The molecule has 29 heavy (non-hydrogen) atoms. The fourth-order valence-corrected chi connectivity index (χ4v) is 3.42. The molecule has 0 bridgehead atoms. The molecule has 0 aliphatic rings. The maximum atomic E-state index is 4.82. The van der Waals surface area contributed by atoms with Gasteiger partial charge in [-0.1, -0.05) is 0 Å². The lowest BCUT2D eigenvalue weighted by molar-refractivity contribution is 1.05. The standard InChI is InChI=1S/C19H14N10/c1-10-8-29(9-22-10)16-7-20-5-15-18(16)26-19(25-15)17-12-2-13(11-3-23-24-4-11)21-6-14(12)27-28-17/h2-9H,1H3,(H,23,24)(H,25,26)(H,27,28). The first kappa shape index (κ1) is 15.7. The fourth-order valence-electron chi connectivity index (χ4n) is 3.42. The number of imidazole rings is 2. The van der Waals surface area contributed by atoms with Crippen LogP contribution in [-0.2, 0) is 0 Å². The van der Waals surface area contributed by atoms with Crippen molar-refractivity contribution in [3.63, 3.8) is 0 Å². The highest BCUT2D eigenvalue weighted by Crippen LogP contribution is 2.29. The van der Waals surface area contributed by atoms with Crippen molar-refractivity contribution in [2.75, 3.05) is 0 Å². The van der Waals surface area contributed by atoms with Gasteiger partial charge in [-0.05, 0) is 13.0 Å². The summed E-state index contributed by atoms with van der Waals surface area (Å²) >= 11 is 0. The number of pyridine rings is 2. The van der Waals surface area contributed by atoms with Crippen LogP contribution in [0, 0.1) is 6.92 Å². The summed E-state index contributed by atoms with van der Waals surface area (Å²) in [6.07, 6.45) is 12.5. The monoisotopic (exact) mass is 382 g/mol. The van der Waals surface area contributed by atoms with E-state index in [2.05, 4.69) is 40.3 Å². The molecule has 0 saturated heterocycles. The molecule has 3 N–H and O–H groups in total. The molecule has 0 saturated carbocycles. The molecule has 0 aromatic carbocycles. The Balaban J connectivity index is 1.53. The molecular formula is C19H14N10. The first-order valence-electron chi connectivity index (χ1n) is 8.94. The minimum absolute atomic E-state index is 0.654. The molecular weight excluding hydrogens is 368 g/mol. The Bertz CT molecular complexity index is 1470. The highest BCUT2D eigenvalue weighted by molar-refractivity contribution is 5.95. The molecule has 0 spiro atoms. The molecule has 6 heterocycles. The third-order valence-corrected chi connectivity index (χ3v) is 4.83. The van der Waals surface area contributed by atoms with Gasteiger partial charge in [-0.2, -0.15) is 10.2 Å². The van der Waals surface area contributed by atoms with E-state index in [0.29, 0.717) is 5.82 Å². The molecule has 6 rings (SSSR count). The van der Waals surface area contributed by atoms with Gasteiger partial charge in [0.25, 0.3) is 0 Å². The van der Waals surface area contributed by atoms with Crippen molar-refractivity contribution in [2.24, 2.45) is 0 Å². The average molecular weight is 382 g/mol. The Hall–Kier alpha value is -4.34. The first-order valence-corrected chi connectivity index (χ1v) is 8.94. The second kappa shape index (κ2) is 5.83. The van der Waals surface area contributed by atoms with Crippen molar-refractivity contribution >= 4 is 21.9 Å². The molecule has 0 unspecified atom stereocenters. The summed E-state index contributed by atoms with van der Waals surface area (Å²) in [5.74, 6) is 0.654. The second-order valence-electron chi connectivity index (χ2n) is 6.74. The smallest absolute Gasteiger partial charge is 0.159 e. The SMILES string of the molecule is Cc1cn(-c2cncc3[nH]c(-c4n[nH]c5cnc(-c6cn[nH]c6)cc45)nc23)cn1. The summed E-state index contributed by atoms with van der Waals surface area (Å²) in [6.45, 7) is 1.95. The summed E-state index contributed by atoms with van der Waals surface area (Å²) in [5, 5.41) is 15.2. The van der Waals surface area contributed by atoms with E-state index in [1.165, 1.54) is 0 Å². The number of nitrogens with zero attached hydrogens (tertiary/aromatic N) is 7. The molecule has 10 heteroatoms. The van der Waals surface area contributed by atoms with E-state index >= 15 is 0 Å². The fraction of sp³-hybridized carbons (Fsp3) is 0.0526. The van der Waals surface area contributed by atoms with Gasteiger partial charge in [-0.15, -0.1) is 0 Å². The summed E-state index contributed by atoms with van der Waals surface area (Å²) < 4.78 is 1.92. The summed E-state index contributed by atoms with van der Waals surface area (Å²) in [4.78, 5) is 21.3. The van der Waals surface area contributed by atoms with Crippen LogP contribution >= 0.6 is 0 Å². The number of hydrogen-bond donors (Lipinski definition) is 3. The van der Waals surface area contributed by atoms with Gasteiger partial charge in [0.1, 0.15) is 11.2 Å². The predicted octanol–water partition coefficient (Wildman–Crippen LogP) is 2.78. The Morgan fingerprint density at radius 2 is 2.00 bits per heavy atom. The zero-order chi connectivity index (χ0) is 19.4. The third kappa shape index (κ3) is 2.42. The van der Waals surface area contributed by atoms with E-state index < -0.39 is 0 Å². The summed E-state index contributed by atoms with van der Waals surface area (Å²) in [7, 11) is 0. The van der Waals surface area contributed by atoms with Gasteiger partial charge < -0.3 is 9.55 Å². The van der Waals surface area contributed by atoms with E-state index in [1.54, 1.807) is 37.3 Å². The highest BCUT2D eigenvalue weighted by atomic mass is 15.1. The number of aromatic nitrogens is 10. The number of fused-ring (bicyclic) bond motifs is 2. The van der Waals surface area contributed by atoms with Crippen LogP contribution in [0.3, 0.4) is 0 Å². The highest BCUT2D eigenvalue weighted by Gasteiger charge is 2.16. The minimum atomic E-state index is 0.654.